The van der Waals surface area contributed by atoms with Gasteiger partial charge in [-0.2, -0.15) is 0 Å². The number of nitrogens with zero attached hydrogens (tertiary/aromatic N) is 3. The number of carbonyl (C=O) groups excluding carboxylic acids is 1. The number of benzene rings is 1. The fourth-order valence-electron chi connectivity index (χ4n) is 3.73. The average Bonchev–Trinajstić information content (AvgIpc) is 3.31. The van der Waals surface area contributed by atoms with Gasteiger partial charge in [-0.25, -0.2) is 14.2 Å². The van der Waals surface area contributed by atoms with E-state index in [2.05, 4.69) is 26.1 Å². The van der Waals surface area contributed by atoms with Crippen LogP contribution < -0.4 is 21.5 Å². The molecule has 37 heavy (non-hydrogen) atoms. The highest BCUT2D eigenvalue weighted by atomic mass is 35.5. The molecule has 0 fully saturated rings. The zero-order chi connectivity index (χ0) is 26.9. The van der Waals surface area contributed by atoms with E-state index in [0.29, 0.717) is 22.4 Å². The Labute approximate surface area is 216 Å². The highest BCUT2D eigenvalue weighted by Gasteiger charge is 2.21. The average molecular weight is 529 g/mol. The van der Waals surface area contributed by atoms with Gasteiger partial charge in [0.05, 0.1) is 28.5 Å². The van der Waals surface area contributed by atoms with Crippen LogP contribution in [0.4, 0.5) is 26.6 Å². The number of halogens is 2. The van der Waals surface area contributed by atoms with Crippen LogP contribution in [0.1, 0.15) is 26.5 Å². The highest BCUT2D eigenvalue weighted by Crippen LogP contribution is 2.33. The molecule has 3 aromatic heterocycles. The SMILES string of the molecule is CNc1cc2c(cn1)cc(-c1cc(NC(=O)Nc3cc(C(C)(C)C)no3)c(F)cc1Cl)c(=O)n2CCO. The minimum Gasteiger partial charge on any atom is -0.395 e. The molecular weight excluding hydrogens is 503 g/mol. The monoisotopic (exact) mass is 528 g/mol. The van der Waals surface area contributed by atoms with Crippen LogP contribution in [0.15, 0.2) is 45.8 Å². The maximum absolute atomic E-state index is 14.7. The van der Waals surface area contributed by atoms with Crippen molar-refractivity contribution >= 4 is 45.9 Å². The Balaban J connectivity index is 1.71. The predicted octanol–water partition coefficient (Wildman–Crippen LogP) is 4.82. The van der Waals surface area contributed by atoms with Crippen LogP contribution in [-0.2, 0) is 12.0 Å². The first-order chi connectivity index (χ1) is 17.5. The minimum atomic E-state index is -0.798. The topological polar surface area (TPSA) is 134 Å². The Hall–Kier alpha value is -3.96. The van der Waals surface area contributed by atoms with Gasteiger partial charge in [-0.3, -0.25) is 10.1 Å². The Morgan fingerprint density at radius 2 is 1.92 bits per heavy atom. The summed E-state index contributed by atoms with van der Waals surface area (Å²) in [6.07, 6.45) is 1.57. The van der Waals surface area contributed by atoms with E-state index in [-0.39, 0.29) is 46.3 Å². The molecule has 4 N–H and O–H groups in total. The van der Waals surface area contributed by atoms with Gasteiger partial charge < -0.3 is 24.8 Å². The summed E-state index contributed by atoms with van der Waals surface area (Å²) in [5.74, 6) is -0.162. The first-order valence-electron chi connectivity index (χ1n) is 11.4. The third-order valence-electron chi connectivity index (χ3n) is 5.67. The molecule has 0 spiro atoms. The maximum Gasteiger partial charge on any atom is 0.326 e. The third-order valence-corrected chi connectivity index (χ3v) is 5.98. The molecule has 12 heteroatoms. The normalized spacial score (nSPS) is 11.5. The summed E-state index contributed by atoms with van der Waals surface area (Å²) in [7, 11) is 1.70. The number of pyridine rings is 2. The first-order valence-corrected chi connectivity index (χ1v) is 11.8. The molecule has 0 unspecified atom stereocenters. The van der Waals surface area contributed by atoms with Crippen LogP contribution in [0.25, 0.3) is 22.0 Å². The standard InChI is InChI=1S/C25H26ClFN6O4/c1-25(2,3)20-11-22(37-32-20)31-24(36)30-18-8-14(16(26)9-17(18)27)15-7-13-12-29-21(28-4)10-19(13)33(5-6-34)23(15)35/h7-12,34H,5-6H2,1-4H3,(H,28,29)(H2,30,31,36). The Morgan fingerprint density at radius 1 is 1.16 bits per heavy atom. The molecule has 0 saturated heterocycles. The van der Waals surface area contributed by atoms with Crippen molar-refractivity contribution in [3.63, 3.8) is 0 Å². The molecule has 0 atom stereocenters. The number of urea groups is 1. The van der Waals surface area contributed by atoms with Gasteiger partial charge in [-0.15, -0.1) is 0 Å². The number of aromatic nitrogens is 3. The van der Waals surface area contributed by atoms with Gasteiger partial charge in [0.1, 0.15) is 11.6 Å². The number of hydrogen-bond acceptors (Lipinski definition) is 7. The zero-order valence-electron chi connectivity index (χ0n) is 20.6. The molecule has 0 aliphatic carbocycles. The molecule has 194 valence electrons. The fraction of sp³-hybridized carbons (Fsp3) is 0.280. The van der Waals surface area contributed by atoms with Crippen LogP contribution >= 0.6 is 11.6 Å². The summed E-state index contributed by atoms with van der Waals surface area (Å²) >= 11 is 6.33. The van der Waals surface area contributed by atoms with Crippen molar-refractivity contribution in [1.82, 2.24) is 14.7 Å². The second-order valence-corrected chi connectivity index (χ2v) is 9.74. The lowest BCUT2D eigenvalue weighted by Gasteiger charge is -2.15. The molecule has 0 saturated carbocycles. The summed E-state index contributed by atoms with van der Waals surface area (Å²) in [6.45, 7) is 5.57. The van der Waals surface area contributed by atoms with Crippen LogP contribution in [0, 0.1) is 5.82 Å². The fourth-order valence-corrected chi connectivity index (χ4v) is 3.98. The molecular formula is C25H26ClFN6O4. The predicted molar refractivity (Wildman–Crippen MR) is 141 cm³/mol. The quantitative estimate of drug-likeness (QED) is 0.282. The number of aliphatic hydroxyl groups is 1. The van der Waals surface area contributed by atoms with E-state index in [0.717, 1.165) is 6.07 Å². The van der Waals surface area contributed by atoms with Crippen molar-refractivity contribution in [1.29, 1.82) is 0 Å². The Kier molecular flexibility index (Phi) is 7.19. The van der Waals surface area contributed by atoms with Crippen LogP contribution in [0.2, 0.25) is 5.02 Å². The lowest BCUT2D eigenvalue weighted by atomic mass is 9.92. The lowest BCUT2D eigenvalue weighted by Crippen LogP contribution is -2.24. The minimum absolute atomic E-state index is 0.0242. The van der Waals surface area contributed by atoms with Gasteiger partial charge in [0.25, 0.3) is 5.56 Å². The molecule has 0 aliphatic heterocycles. The van der Waals surface area contributed by atoms with Crippen LogP contribution in [-0.4, -0.2) is 39.5 Å². The van der Waals surface area contributed by atoms with Crippen molar-refractivity contribution in [3.05, 3.63) is 63.4 Å². The van der Waals surface area contributed by atoms with E-state index >= 15 is 0 Å². The van der Waals surface area contributed by atoms with E-state index in [1.807, 2.05) is 20.8 Å². The van der Waals surface area contributed by atoms with Crippen molar-refractivity contribution in [2.45, 2.75) is 32.7 Å². The van der Waals surface area contributed by atoms with E-state index in [9.17, 15) is 19.1 Å². The zero-order valence-corrected chi connectivity index (χ0v) is 21.4. The third kappa shape index (κ3) is 5.42. The largest absolute Gasteiger partial charge is 0.395 e. The number of nitrogens with one attached hydrogen (secondary N) is 3. The molecule has 10 nitrogen and oxygen atoms in total. The van der Waals surface area contributed by atoms with Gasteiger partial charge in [0.15, 0.2) is 0 Å². The summed E-state index contributed by atoms with van der Waals surface area (Å²) in [4.78, 5) is 30.2. The summed E-state index contributed by atoms with van der Waals surface area (Å²) in [5, 5.41) is 21.9. The molecule has 0 aliphatic rings. The van der Waals surface area contributed by atoms with Crippen molar-refractivity contribution in [3.8, 4) is 11.1 Å². The van der Waals surface area contributed by atoms with E-state index in [1.54, 1.807) is 31.4 Å². The highest BCUT2D eigenvalue weighted by molar-refractivity contribution is 6.33. The summed E-state index contributed by atoms with van der Waals surface area (Å²) in [6, 6.07) is 6.37. The van der Waals surface area contributed by atoms with Crippen LogP contribution in [0.3, 0.4) is 0 Å². The first kappa shape index (κ1) is 26.1. The van der Waals surface area contributed by atoms with E-state index in [4.69, 9.17) is 16.1 Å². The van der Waals surface area contributed by atoms with Gasteiger partial charge in [-0.05, 0) is 18.2 Å². The number of amides is 2. The van der Waals surface area contributed by atoms with Crippen molar-refractivity contribution < 1.29 is 18.8 Å². The summed E-state index contributed by atoms with van der Waals surface area (Å²) < 4.78 is 21.3. The Bertz CT molecular complexity index is 1540. The molecule has 1 aromatic carbocycles. The number of fused-ring (bicyclic) bond motifs is 1. The van der Waals surface area contributed by atoms with Crippen LogP contribution in [0.5, 0.6) is 0 Å². The summed E-state index contributed by atoms with van der Waals surface area (Å²) in [5.41, 5.74) is 0.598. The van der Waals surface area contributed by atoms with Crippen molar-refractivity contribution in [2.24, 2.45) is 0 Å². The number of hydrogen-bond donors (Lipinski definition) is 4. The number of anilines is 3. The van der Waals surface area contributed by atoms with Crippen molar-refractivity contribution in [2.75, 3.05) is 29.6 Å². The molecule has 4 rings (SSSR count). The molecule has 2 amide bonds. The maximum atomic E-state index is 14.7. The van der Waals surface area contributed by atoms with Gasteiger partial charge in [0, 0.05) is 53.9 Å². The van der Waals surface area contributed by atoms with E-state index < -0.39 is 17.4 Å². The second-order valence-electron chi connectivity index (χ2n) is 9.33. The molecule has 0 bridgehead atoms. The van der Waals surface area contributed by atoms with E-state index in [1.165, 1.54) is 10.6 Å². The van der Waals surface area contributed by atoms with Gasteiger partial charge >= 0.3 is 6.03 Å². The molecule has 0 radical (unpaired) electrons. The molecule has 3 heterocycles. The van der Waals surface area contributed by atoms with Gasteiger partial charge in [-0.1, -0.05) is 37.5 Å². The number of carbonyl (C=O) groups is 1. The molecule has 4 aromatic rings. The number of rotatable bonds is 6. The number of aliphatic hydroxyl groups excluding tert-OH is 1. The second kappa shape index (κ2) is 10.2. The van der Waals surface area contributed by atoms with Gasteiger partial charge in [0.2, 0.25) is 5.88 Å². The lowest BCUT2D eigenvalue weighted by molar-refractivity contribution is 0.261. The Morgan fingerprint density at radius 3 is 2.57 bits per heavy atom. The smallest absolute Gasteiger partial charge is 0.326 e.